The van der Waals surface area contributed by atoms with Crippen molar-refractivity contribution in [2.24, 2.45) is 0 Å². The van der Waals surface area contributed by atoms with Crippen LogP contribution in [-0.2, 0) is 32.6 Å². The number of hydrogen-bond donors (Lipinski definition) is 1. The lowest BCUT2D eigenvalue weighted by Gasteiger charge is -2.32. The van der Waals surface area contributed by atoms with Crippen LogP contribution >= 0.6 is 0 Å². The van der Waals surface area contributed by atoms with Crippen LogP contribution in [0.2, 0.25) is 0 Å². The van der Waals surface area contributed by atoms with Crippen LogP contribution in [0.4, 0.5) is 10.1 Å². The second-order valence-electron chi connectivity index (χ2n) is 10.1. The van der Waals surface area contributed by atoms with Gasteiger partial charge >= 0.3 is 0 Å². The van der Waals surface area contributed by atoms with E-state index in [0.717, 1.165) is 21.7 Å². The molecule has 3 rings (SSSR count). The van der Waals surface area contributed by atoms with E-state index >= 15 is 0 Å². The predicted molar refractivity (Wildman–Crippen MR) is 159 cm³/mol. The molecule has 41 heavy (non-hydrogen) atoms. The standard InChI is InChI=1S/C31H38FN3O5S/c1-23(2)33-31(37)29(21-24-12-6-5-7-13-24)34(22-25-14-10-15-26(20-25)40-3)30(36)18-11-19-35(41(4,38)39)28-17-9-8-16-27(28)32/h5-10,12-17,20,23,29H,11,18-19,21-22H2,1-4H3,(H,33,37)/t29-/m1/s1. The van der Waals surface area contributed by atoms with Crippen molar-refractivity contribution in [3.05, 3.63) is 95.8 Å². The summed E-state index contributed by atoms with van der Waals surface area (Å²) in [7, 11) is -2.25. The van der Waals surface area contributed by atoms with E-state index in [-0.39, 0.29) is 49.5 Å². The zero-order valence-corrected chi connectivity index (χ0v) is 24.7. The van der Waals surface area contributed by atoms with E-state index < -0.39 is 21.9 Å². The molecule has 2 amide bonds. The van der Waals surface area contributed by atoms with Gasteiger partial charge in [0.1, 0.15) is 17.6 Å². The molecule has 10 heteroatoms. The van der Waals surface area contributed by atoms with Crippen LogP contribution in [0, 0.1) is 5.82 Å². The van der Waals surface area contributed by atoms with Gasteiger partial charge in [0.15, 0.2) is 0 Å². The van der Waals surface area contributed by atoms with Gasteiger partial charge in [0, 0.05) is 32.0 Å². The molecule has 0 aliphatic heterocycles. The van der Waals surface area contributed by atoms with Gasteiger partial charge in [-0.3, -0.25) is 13.9 Å². The topological polar surface area (TPSA) is 96.0 Å². The van der Waals surface area contributed by atoms with Crippen LogP contribution < -0.4 is 14.4 Å². The summed E-state index contributed by atoms with van der Waals surface area (Å²) in [4.78, 5) is 28.9. The van der Waals surface area contributed by atoms with E-state index in [4.69, 9.17) is 4.74 Å². The van der Waals surface area contributed by atoms with Crippen molar-refractivity contribution < 1.29 is 27.1 Å². The highest BCUT2D eigenvalue weighted by molar-refractivity contribution is 7.92. The minimum Gasteiger partial charge on any atom is -0.497 e. The summed E-state index contributed by atoms with van der Waals surface area (Å²) in [6.45, 7) is 3.75. The number of sulfonamides is 1. The molecular weight excluding hydrogens is 545 g/mol. The Hall–Kier alpha value is -3.92. The van der Waals surface area contributed by atoms with Crippen molar-refractivity contribution in [1.82, 2.24) is 10.2 Å². The maximum atomic E-state index is 14.5. The second kappa shape index (κ2) is 14.6. The largest absolute Gasteiger partial charge is 0.497 e. The molecule has 0 fully saturated rings. The maximum Gasteiger partial charge on any atom is 0.243 e. The summed E-state index contributed by atoms with van der Waals surface area (Å²) in [6, 6.07) is 21.4. The van der Waals surface area contributed by atoms with Crippen molar-refractivity contribution in [3.8, 4) is 5.75 Å². The van der Waals surface area contributed by atoms with Gasteiger partial charge in [-0.15, -0.1) is 0 Å². The molecule has 3 aromatic rings. The highest BCUT2D eigenvalue weighted by atomic mass is 32.2. The zero-order chi connectivity index (χ0) is 30.0. The molecule has 0 saturated carbocycles. The SMILES string of the molecule is COc1cccc(CN(C(=O)CCCN(c2ccccc2F)S(C)(=O)=O)[C@H](Cc2ccccc2)C(=O)NC(C)C)c1. The molecule has 3 aromatic carbocycles. The van der Waals surface area contributed by atoms with Crippen molar-refractivity contribution in [1.29, 1.82) is 0 Å². The molecule has 0 unspecified atom stereocenters. The van der Waals surface area contributed by atoms with Crippen LogP contribution in [0.3, 0.4) is 0 Å². The van der Waals surface area contributed by atoms with Crippen LogP contribution in [-0.4, -0.2) is 57.1 Å². The Balaban J connectivity index is 1.90. The van der Waals surface area contributed by atoms with Gasteiger partial charge < -0.3 is 15.0 Å². The fourth-order valence-corrected chi connectivity index (χ4v) is 5.50. The van der Waals surface area contributed by atoms with Crippen LogP contribution in [0.15, 0.2) is 78.9 Å². The van der Waals surface area contributed by atoms with E-state index in [0.29, 0.717) is 12.2 Å². The number of methoxy groups -OCH3 is 1. The van der Waals surface area contributed by atoms with Crippen LogP contribution in [0.1, 0.15) is 37.8 Å². The molecule has 0 heterocycles. The number of benzene rings is 3. The highest BCUT2D eigenvalue weighted by Crippen LogP contribution is 2.23. The minimum absolute atomic E-state index is 0.0509. The van der Waals surface area contributed by atoms with E-state index in [1.54, 1.807) is 19.2 Å². The van der Waals surface area contributed by atoms with Gasteiger partial charge in [0.25, 0.3) is 0 Å². The van der Waals surface area contributed by atoms with Gasteiger partial charge in [-0.05, 0) is 55.7 Å². The molecule has 0 radical (unpaired) electrons. The molecule has 0 saturated heterocycles. The number of carbonyl (C=O) groups is 2. The summed E-state index contributed by atoms with van der Waals surface area (Å²) in [5.41, 5.74) is 1.59. The fraction of sp³-hybridized carbons (Fsp3) is 0.355. The van der Waals surface area contributed by atoms with Crippen molar-refractivity contribution >= 4 is 27.5 Å². The average molecular weight is 584 g/mol. The second-order valence-corrected chi connectivity index (χ2v) is 12.0. The van der Waals surface area contributed by atoms with Crippen molar-refractivity contribution in [2.75, 3.05) is 24.2 Å². The molecule has 0 bridgehead atoms. The first kappa shape index (κ1) is 31.6. The van der Waals surface area contributed by atoms with Gasteiger partial charge in [0.05, 0.1) is 19.1 Å². The molecular formula is C31H38FN3O5S. The Morgan fingerprint density at radius 1 is 0.951 bits per heavy atom. The van der Waals surface area contributed by atoms with E-state index in [2.05, 4.69) is 5.32 Å². The Morgan fingerprint density at radius 3 is 2.24 bits per heavy atom. The molecule has 220 valence electrons. The summed E-state index contributed by atoms with van der Waals surface area (Å²) in [5, 5.41) is 2.94. The zero-order valence-electron chi connectivity index (χ0n) is 23.9. The Labute approximate surface area is 242 Å². The van der Waals surface area contributed by atoms with E-state index in [9.17, 15) is 22.4 Å². The number of carbonyl (C=O) groups excluding carboxylic acids is 2. The first-order valence-electron chi connectivity index (χ1n) is 13.5. The molecule has 0 aliphatic rings. The third-order valence-corrected chi connectivity index (χ3v) is 7.64. The number of ether oxygens (including phenoxy) is 1. The Kier molecular flexibility index (Phi) is 11.3. The third-order valence-electron chi connectivity index (χ3n) is 6.46. The van der Waals surface area contributed by atoms with Gasteiger partial charge in [0.2, 0.25) is 21.8 Å². The molecule has 0 aromatic heterocycles. The summed E-state index contributed by atoms with van der Waals surface area (Å²) in [6.07, 6.45) is 1.37. The predicted octanol–water partition coefficient (Wildman–Crippen LogP) is 4.55. The first-order chi connectivity index (χ1) is 19.5. The lowest BCUT2D eigenvalue weighted by molar-refractivity contribution is -0.141. The quantitative estimate of drug-likeness (QED) is 0.301. The number of amides is 2. The van der Waals surface area contributed by atoms with E-state index in [1.165, 1.54) is 23.1 Å². The normalized spacial score (nSPS) is 12.0. The molecule has 1 atom stereocenters. The third kappa shape index (κ3) is 9.31. The van der Waals surface area contributed by atoms with Gasteiger partial charge in [-0.25, -0.2) is 12.8 Å². The van der Waals surface area contributed by atoms with Crippen LogP contribution in [0.25, 0.3) is 0 Å². The number of para-hydroxylation sites is 1. The number of anilines is 1. The highest BCUT2D eigenvalue weighted by Gasteiger charge is 2.31. The number of hydrogen-bond acceptors (Lipinski definition) is 5. The van der Waals surface area contributed by atoms with Crippen LogP contribution in [0.5, 0.6) is 5.75 Å². The molecule has 1 N–H and O–H groups in total. The summed E-state index contributed by atoms with van der Waals surface area (Å²) in [5.74, 6) is -0.661. The number of nitrogens with one attached hydrogen (secondary N) is 1. The monoisotopic (exact) mass is 583 g/mol. The van der Waals surface area contributed by atoms with Crippen molar-refractivity contribution in [2.45, 2.75) is 51.7 Å². The fourth-order valence-electron chi connectivity index (χ4n) is 4.54. The molecule has 0 spiro atoms. The van der Waals surface area contributed by atoms with Gasteiger partial charge in [-0.2, -0.15) is 0 Å². The Bertz CT molecular complexity index is 1420. The lowest BCUT2D eigenvalue weighted by Crippen LogP contribution is -2.51. The minimum atomic E-state index is -3.81. The lowest BCUT2D eigenvalue weighted by atomic mass is 10.0. The first-order valence-corrected chi connectivity index (χ1v) is 15.3. The Morgan fingerprint density at radius 2 is 1.61 bits per heavy atom. The number of rotatable bonds is 14. The van der Waals surface area contributed by atoms with E-state index in [1.807, 2.05) is 62.4 Å². The number of nitrogens with zero attached hydrogens (tertiary/aromatic N) is 2. The maximum absolute atomic E-state index is 14.5. The van der Waals surface area contributed by atoms with Crippen molar-refractivity contribution in [3.63, 3.8) is 0 Å². The smallest absolute Gasteiger partial charge is 0.243 e. The average Bonchev–Trinajstić information content (AvgIpc) is 2.93. The number of halogens is 1. The molecule has 0 aliphatic carbocycles. The van der Waals surface area contributed by atoms with Gasteiger partial charge in [-0.1, -0.05) is 54.6 Å². The summed E-state index contributed by atoms with van der Waals surface area (Å²) >= 11 is 0. The summed E-state index contributed by atoms with van der Waals surface area (Å²) < 4.78 is 45.8. The molecule has 8 nitrogen and oxygen atoms in total.